The number of carbonyl (C=O) groups excluding carboxylic acids is 1. The average molecular weight is 205 g/mol. The SMILES string of the molecule is CN[C@@H]1CCc2ccc(OC(C)=O)cc21. The normalized spacial score (nSPS) is 18.7. The smallest absolute Gasteiger partial charge is 0.308 e. The van der Waals surface area contributed by atoms with Gasteiger partial charge in [0.25, 0.3) is 0 Å². The number of carbonyl (C=O) groups is 1. The van der Waals surface area contributed by atoms with Crippen LogP contribution in [-0.4, -0.2) is 13.0 Å². The second kappa shape index (κ2) is 4.03. The van der Waals surface area contributed by atoms with E-state index in [9.17, 15) is 4.79 Å². The van der Waals surface area contributed by atoms with Gasteiger partial charge in [-0.1, -0.05) is 6.07 Å². The number of aryl methyl sites for hydroxylation is 1. The summed E-state index contributed by atoms with van der Waals surface area (Å²) in [7, 11) is 1.96. The molecule has 1 aromatic carbocycles. The van der Waals surface area contributed by atoms with Crippen LogP contribution in [0.2, 0.25) is 0 Å². The highest BCUT2D eigenvalue weighted by Gasteiger charge is 2.21. The summed E-state index contributed by atoms with van der Waals surface area (Å²) in [5.41, 5.74) is 2.61. The highest BCUT2D eigenvalue weighted by Crippen LogP contribution is 2.33. The van der Waals surface area contributed by atoms with E-state index < -0.39 is 0 Å². The number of ether oxygens (including phenoxy) is 1. The quantitative estimate of drug-likeness (QED) is 0.591. The summed E-state index contributed by atoms with van der Waals surface area (Å²) < 4.78 is 5.07. The predicted molar refractivity (Wildman–Crippen MR) is 57.9 cm³/mol. The summed E-state index contributed by atoms with van der Waals surface area (Å²) in [6.07, 6.45) is 2.22. The maximum Gasteiger partial charge on any atom is 0.308 e. The molecular weight excluding hydrogens is 190 g/mol. The molecule has 0 aromatic heterocycles. The highest BCUT2D eigenvalue weighted by molar-refractivity contribution is 5.69. The number of esters is 1. The Bertz CT molecular complexity index is 387. The van der Waals surface area contributed by atoms with Crippen LogP contribution in [0.15, 0.2) is 18.2 Å². The molecule has 0 radical (unpaired) electrons. The van der Waals surface area contributed by atoms with Crippen molar-refractivity contribution in [3.8, 4) is 5.75 Å². The summed E-state index contributed by atoms with van der Waals surface area (Å²) in [4.78, 5) is 10.8. The summed E-state index contributed by atoms with van der Waals surface area (Å²) in [6, 6.07) is 6.27. The van der Waals surface area contributed by atoms with Gasteiger partial charge < -0.3 is 10.1 Å². The molecule has 0 spiro atoms. The van der Waals surface area contributed by atoms with Crippen molar-refractivity contribution in [2.45, 2.75) is 25.8 Å². The predicted octanol–water partition coefficient (Wildman–Crippen LogP) is 1.82. The van der Waals surface area contributed by atoms with Crippen LogP contribution < -0.4 is 10.1 Å². The lowest BCUT2D eigenvalue weighted by Crippen LogP contribution is -2.13. The molecule has 0 heterocycles. The third-order valence-electron chi connectivity index (χ3n) is 2.81. The van der Waals surface area contributed by atoms with Crippen LogP contribution in [0.25, 0.3) is 0 Å². The Balaban J connectivity index is 2.28. The van der Waals surface area contributed by atoms with E-state index >= 15 is 0 Å². The molecule has 1 aliphatic carbocycles. The first-order valence-electron chi connectivity index (χ1n) is 5.19. The molecule has 0 saturated heterocycles. The van der Waals surface area contributed by atoms with Crippen molar-refractivity contribution in [1.29, 1.82) is 0 Å². The van der Waals surface area contributed by atoms with E-state index in [0.717, 1.165) is 12.8 Å². The zero-order valence-electron chi connectivity index (χ0n) is 9.04. The molecule has 0 bridgehead atoms. The number of nitrogens with one attached hydrogen (secondary N) is 1. The van der Waals surface area contributed by atoms with Crippen LogP contribution in [0, 0.1) is 0 Å². The van der Waals surface area contributed by atoms with Crippen LogP contribution in [0.4, 0.5) is 0 Å². The van der Waals surface area contributed by atoms with Crippen LogP contribution in [0.1, 0.15) is 30.5 Å². The molecule has 0 fully saturated rings. The van der Waals surface area contributed by atoms with Gasteiger partial charge in [-0.25, -0.2) is 0 Å². The molecule has 1 atom stereocenters. The summed E-state index contributed by atoms with van der Waals surface area (Å²) in [5, 5.41) is 3.26. The lowest BCUT2D eigenvalue weighted by atomic mass is 10.1. The molecule has 0 unspecified atom stereocenters. The Morgan fingerprint density at radius 1 is 1.53 bits per heavy atom. The fourth-order valence-corrected chi connectivity index (χ4v) is 2.11. The third-order valence-corrected chi connectivity index (χ3v) is 2.81. The highest BCUT2D eigenvalue weighted by atomic mass is 16.5. The maximum absolute atomic E-state index is 10.8. The van der Waals surface area contributed by atoms with Gasteiger partial charge >= 0.3 is 5.97 Å². The number of fused-ring (bicyclic) bond motifs is 1. The summed E-state index contributed by atoms with van der Waals surface area (Å²) >= 11 is 0. The fourth-order valence-electron chi connectivity index (χ4n) is 2.11. The minimum atomic E-state index is -0.269. The Labute approximate surface area is 89.4 Å². The van der Waals surface area contributed by atoms with Gasteiger partial charge in [-0.15, -0.1) is 0 Å². The van der Waals surface area contributed by atoms with E-state index in [-0.39, 0.29) is 5.97 Å². The topological polar surface area (TPSA) is 38.3 Å². The molecule has 3 heteroatoms. The zero-order valence-corrected chi connectivity index (χ0v) is 9.04. The Hall–Kier alpha value is -1.35. The van der Waals surface area contributed by atoms with E-state index in [0.29, 0.717) is 11.8 Å². The maximum atomic E-state index is 10.8. The molecule has 1 N–H and O–H groups in total. The summed E-state index contributed by atoms with van der Waals surface area (Å²) in [5.74, 6) is 0.373. The van der Waals surface area contributed by atoms with Crippen LogP contribution in [0.5, 0.6) is 5.75 Å². The van der Waals surface area contributed by atoms with Crippen molar-refractivity contribution >= 4 is 5.97 Å². The van der Waals surface area contributed by atoms with Gasteiger partial charge in [0, 0.05) is 13.0 Å². The van der Waals surface area contributed by atoms with Gasteiger partial charge in [-0.3, -0.25) is 4.79 Å². The van der Waals surface area contributed by atoms with Gasteiger partial charge in [0.15, 0.2) is 0 Å². The number of hydrogen-bond acceptors (Lipinski definition) is 3. The second-order valence-electron chi connectivity index (χ2n) is 3.83. The molecular formula is C12H15NO2. The summed E-state index contributed by atoms with van der Waals surface area (Å²) in [6.45, 7) is 1.42. The van der Waals surface area contributed by atoms with Crippen LogP contribution in [0.3, 0.4) is 0 Å². The van der Waals surface area contributed by atoms with E-state index in [2.05, 4.69) is 5.32 Å². The minimum absolute atomic E-state index is 0.269. The Morgan fingerprint density at radius 3 is 3.00 bits per heavy atom. The third kappa shape index (κ3) is 2.02. The first-order chi connectivity index (χ1) is 7.20. The van der Waals surface area contributed by atoms with Gasteiger partial charge in [0.05, 0.1) is 0 Å². The van der Waals surface area contributed by atoms with E-state index in [1.165, 1.54) is 18.1 Å². The van der Waals surface area contributed by atoms with Crippen molar-refractivity contribution in [3.63, 3.8) is 0 Å². The van der Waals surface area contributed by atoms with Gasteiger partial charge in [-0.05, 0) is 43.1 Å². The monoisotopic (exact) mass is 205 g/mol. The molecule has 1 aliphatic rings. The molecule has 0 aliphatic heterocycles. The van der Waals surface area contributed by atoms with Gasteiger partial charge in [0.2, 0.25) is 0 Å². The number of rotatable bonds is 2. The molecule has 2 rings (SSSR count). The molecule has 0 amide bonds. The van der Waals surface area contributed by atoms with Crippen LogP contribution >= 0.6 is 0 Å². The Kier molecular flexibility index (Phi) is 2.73. The van der Waals surface area contributed by atoms with Crippen molar-refractivity contribution in [2.24, 2.45) is 0 Å². The first kappa shape index (κ1) is 10.2. The van der Waals surface area contributed by atoms with Crippen molar-refractivity contribution in [1.82, 2.24) is 5.32 Å². The molecule has 0 saturated carbocycles. The first-order valence-corrected chi connectivity index (χ1v) is 5.19. The van der Waals surface area contributed by atoms with Gasteiger partial charge in [-0.2, -0.15) is 0 Å². The van der Waals surface area contributed by atoms with E-state index in [4.69, 9.17) is 4.74 Å². The largest absolute Gasteiger partial charge is 0.427 e. The van der Waals surface area contributed by atoms with Crippen molar-refractivity contribution < 1.29 is 9.53 Å². The van der Waals surface area contributed by atoms with Gasteiger partial charge in [0.1, 0.15) is 5.75 Å². The van der Waals surface area contributed by atoms with Crippen molar-refractivity contribution in [2.75, 3.05) is 7.05 Å². The fraction of sp³-hybridized carbons (Fsp3) is 0.417. The average Bonchev–Trinajstić information content (AvgIpc) is 2.59. The lowest BCUT2D eigenvalue weighted by molar-refractivity contribution is -0.131. The van der Waals surface area contributed by atoms with Crippen molar-refractivity contribution in [3.05, 3.63) is 29.3 Å². The molecule has 3 nitrogen and oxygen atoms in total. The minimum Gasteiger partial charge on any atom is -0.427 e. The zero-order chi connectivity index (χ0) is 10.8. The lowest BCUT2D eigenvalue weighted by Gasteiger charge is -2.11. The van der Waals surface area contributed by atoms with E-state index in [1.54, 1.807) is 0 Å². The molecule has 1 aromatic rings. The number of hydrogen-bond donors (Lipinski definition) is 1. The molecule has 15 heavy (non-hydrogen) atoms. The number of benzene rings is 1. The standard InChI is InChI=1S/C12H15NO2/c1-8(14)15-10-5-3-9-4-6-12(13-2)11(9)7-10/h3,5,7,12-13H,4,6H2,1-2H3/t12-/m1/s1. The van der Waals surface area contributed by atoms with Crippen LogP contribution in [-0.2, 0) is 11.2 Å². The Morgan fingerprint density at radius 2 is 2.33 bits per heavy atom. The second-order valence-corrected chi connectivity index (χ2v) is 3.83. The van der Waals surface area contributed by atoms with E-state index in [1.807, 2.05) is 25.2 Å². The molecule has 80 valence electrons.